The first kappa shape index (κ1) is 32.3. The first-order valence-electron chi connectivity index (χ1n) is 19.7. The molecule has 2 aliphatic rings. The number of fused-ring (bicyclic) bond motifs is 13. The van der Waals surface area contributed by atoms with Gasteiger partial charge < -0.3 is 4.90 Å². The van der Waals surface area contributed by atoms with E-state index in [1.807, 2.05) is 11.3 Å². The summed E-state index contributed by atoms with van der Waals surface area (Å²) in [7, 11) is 0. The lowest BCUT2D eigenvalue weighted by atomic mass is 9.70. The molecule has 1 heterocycles. The van der Waals surface area contributed by atoms with Crippen LogP contribution in [0.3, 0.4) is 0 Å². The zero-order valence-corrected chi connectivity index (χ0v) is 31.9. The number of thiophene rings is 1. The van der Waals surface area contributed by atoms with Crippen LogP contribution in [0.15, 0.2) is 212 Å². The molecule has 10 aromatic rings. The molecule has 2 heteroatoms. The van der Waals surface area contributed by atoms with Gasteiger partial charge >= 0.3 is 0 Å². The molecule has 9 aromatic carbocycles. The van der Waals surface area contributed by atoms with Crippen LogP contribution in [0.5, 0.6) is 0 Å². The van der Waals surface area contributed by atoms with Crippen molar-refractivity contribution >= 4 is 48.6 Å². The minimum absolute atomic E-state index is 0.436. The van der Waals surface area contributed by atoms with Crippen LogP contribution in [0.25, 0.3) is 64.7 Å². The van der Waals surface area contributed by atoms with E-state index in [2.05, 4.69) is 217 Å². The van der Waals surface area contributed by atoms with Crippen molar-refractivity contribution in [2.75, 3.05) is 4.90 Å². The van der Waals surface area contributed by atoms with Gasteiger partial charge in [0, 0.05) is 42.7 Å². The van der Waals surface area contributed by atoms with Gasteiger partial charge in [-0.3, -0.25) is 0 Å². The molecule has 0 saturated heterocycles. The van der Waals surface area contributed by atoms with Gasteiger partial charge in [0.15, 0.2) is 0 Å². The highest BCUT2D eigenvalue weighted by atomic mass is 32.1. The van der Waals surface area contributed by atoms with Gasteiger partial charge in [-0.2, -0.15) is 0 Å². The lowest BCUT2D eigenvalue weighted by Crippen LogP contribution is -2.26. The van der Waals surface area contributed by atoms with E-state index < -0.39 is 5.41 Å². The molecule has 12 rings (SSSR count). The zero-order valence-electron chi connectivity index (χ0n) is 31.1. The maximum atomic E-state index is 2.50. The largest absolute Gasteiger partial charge is 0.310 e. The summed E-state index contributed by atoms with van der Waals surface area (Å²) in [5.74, 6) is 0. The molecule has 0 radical (unpaired) electrons. The van der Waals surface area contributed by atoms with Crippen LogP contribution in [0.4, 0.5) is 17.1 Å². The van der Waals surface area contributed by atoms with Crippen molar-refractivity contribution in [1.29, 1.82) is 0 Å². The molecule has 0 fully saturated rings. The van der Waals surface area contributed by atoms with E-state index in [0.717, 1.165) is 17.1 Å². The van der Waals surface area contributed by atoms with Gasteiger partial charge in [0.1, 0.15) is 0 Å². The fourth-order valence-corrected chi connectivity index (χ4v) is 11.2. The second-order valence-corrected chi connectivity index (χ2v) is 16.2. The molecular weight excluding hydrogens is 707 g/mol. The Morgan fingerprint density at radius 2 is 0.860 bits per heavy atom. The molecule has 57 heavy (non-hydrogen) atoms. The highest BCUT2D eigenvalue weighted by Gasteiger charge is 2.51. The molecule has 0 atom stereocenters. The highest BCUT2D eigenvalue weighted by molar-refractivity contribution is 7.26. The molecule has 1 aromatic heterocycles. The minimum atomic E-state index is -0.436. The molecule has 0 amide bonds. The van der Waals surface area contributed by atoms with Gasteiger partial charge in [0.2, 0.25) is 0 Å². The second kappa shape index (κ2) is 12.5. The van der Waals surface area contributed by atoms with Crippen molar-refractivity contribution in [3.63, 3.8) is 0 Å². The predicted octanol–water partition coefficient (Wildman–Crippen LogP) is 15.2. The number of benzene rings is 9. The lowest BCUT2D eigenvalue weighted by molar-refractivity contribution is 0.793. The number of hydrogen-bond donors (Lipinski definition) is 0. The number of nitrogens with zero attached hydrogens (tertiary/aromatic N) is 1. The topological polar surface area (TPSA) is 3.24 Å². The van der Waals surface area contributed by atoms with Gasteiger partial charge in [0.25, 0.3) is 0 Å². The third-order valence-electron chi connectivity index (χ3n) is 12.3. The first-order valence-corrected chi connectivity index (χ1v) is 20.5. The number of anilines is 3. The molecule has 2 aliphatic carbocycles. The van der Waals surface area contributed by atoms with E-state index in [-0.39, 0.29) is 0 Å². The van der Waals surface area contributed by atoms with Crippen LogP contribution in [0, 0.1) is 0 Å². The predicted molar refractivity (Wildman–Crippen MR) is 241 cm³/mol. The van der Waals surface area contributed by atoms with Crippen LogP contribution in [-0.4, -0.2) is 0 Å². The highest BCUT2D eigenvalue weighted by Crippen LogP contribution is 2.63. The maximum absolute atomic E-state index is 2.50. The quantitative estimate of drug-likeness (QED) is 0.170. The molecule has 1 nitrogen and oxygen atoms in total. The Morgan fingerprint density at radius 3 is 1.60 bits per heavy atom. The summed E-state index contributed by atoms with van der Waals surface area (Å²) in [4.78, 5) is 2.50. The monoisotopic (exact) mass is 741 g/mol. The molecular formula is C55H35NS. The van der Waals surface area contributed by atoms with Crippen molar-refractivity contribution < 1.29 is 0 Å². The Hall–Kier alpha value is -7.00. The smallest absolute Gasteiger partial charge is 0.0726 e. The standard InChI is InChI=1S/C55H35NS/c1-2-16-36(17-3-1)37-18-14-19-38(34-37)56(52-30-12-7-23-44(52)46-25-15-26-47-45-24-8-13-31-53(45)57-54(46)47)39-32-33-43-42-22-6-11-29-50(42)55(51(43)35-39)48-27-9-4-20-40(48)41-21-5-10-28-49(41)55/h1-35H. The van der Waals surface area contributed by atoms with Gasteiger partial charge in [-0.15, -0.1) is 11.3 Å². The maximum Gasteiger partial charge on any atom is 0.0726 e. The van der Waals surface area contributed by atoms with Crippen molar-refractivity contribution in [2.24, 2.45) is 0 Å². The summed E-state index contributed by atoms with van der Waals surface area (Å²) in [5, 5.41) is 2.61. The van der Waals surface area contributed by atoms with Crippen molar-refractivity contribution in [3.8, 4) is 44.5 Å². The van der Waals surface area contributed by atoms with Crippen molar-refractivity contribution in [3.05, 3.63) is 235 Å². The normalized spacial score (nSPS) is 13.1. The fourth-order valence-electron chi connectivity index (χ4n) is 9.96. The van der Waals surface area contributed by atoms with Crippen LogP contribution in [-0.2, 0) is 5.41 Å². The fraction of sp³-hybridized carbons (Fsp3) is 0.0182. The Labute approximate surface area is 336 Å². The lowest BCUT2D eigenvalue weighted by Gasteiger charge is -2.33. The molecule has 1 spiro atoms. The average Bonchev–Trinajstić information content (AvgIpc) is 3.91. The molecule has 0 aliphatic heterocycles. The molecule has 0 unspecified atom stereocenters. The van der Waals surface area contributed by atoms with E-state index in [4.69, 9.17) is 0 Å². The van der Waals surface area contributed by atoms with Crippen molar-refractivity contribution in [2.45, 2.75) is 5.41 Å². The SMILES string of the molecule is c1ccc(-c2cccc(N(c3ccc4c(c3)C3(c5ccccc5-c5ccccc53)c3ccccc3-4)c3ccccc3-c3cccc4c3sc3ccccc34)c2)cc1. The van der Waals surface area contributed by atoms with Crippen LogP contribution >= 0.6 is 11.3 Å². The van der Waals surface area contributed by atoms with Gasteiger partial charge in [-0.05, 0) is 92.0 Å². The third-order valence-corrected chi connectivity index (χ3v) is 13.5. The Kier molecular flexibility index (Phi) is 7.08. The number of hydrogen-bond acceptors (Lipinski definition) is 2. The van der Waals surface area contributed by atoms with E-state index in [9.17, 15) is 0 Å². The number of para-hydroxylation sites is 1. The second-order valence-electron chi connectivity index (χ2n) is 15.2. The third kappa shape index (κ3) is 4.62. The van der Waals surface area contributed by atoms with Gasteiger partial charge in [-0.1, -0.05) is 176 Å². The Bertz CT molecular complexity index is 3140. The number of rotatable bonds is 5. The van der Waals surface area contributed by atoms with Gasteiger partial charge in [0.05, 0.1) is 11.1 Å². The molecule has 266 valence electrons. The van der Waals surface area contributed by atoms with Crippen molar-refractivity contribution in [1.82, 2.24) is 0 Å². The summed E-state index contributed by atoms with van der Waals surface area (Å²) in [6, 6.07) is 78.7. The summed E-state index contributed by atoms with van der Waals surface area (Å²) in [5.41, 5.74) is 18.4. The minimum Gasteiger partial charge on any atom is -0.310 e. The van der Waals surface area contributed by atoms with E-state index >= 15 is 0 Å². The van der Waals surface area contributed by atoms with Crippen LogP contribution in [0.1, 0.15) is 22.3 Å². The Morgan fingerprint density at radius 1 is 0.333 bits per heavy atom. The molecule has 0 saturated carbocycles. The van der Waals surface area contributed by atoms with E-state index in [1.54, 1.807) is 0 Å². The summed E-state index contributed by atoms with van der Waals surface area (Å²) in [6.45, 7) is 0. The van der Waals surface area contributed by atoms with E-state index in [0.29, 0.717) is 0 Å². The van der Waals surface area contributed by atoms with Crippen LogP contribution in [0.2, 0.25) is 0 Å². The zero-order chi connectivity index (χ0) is 37.5. The van der Waals surface area contributed by atoms with E-state index in [1.165, 1.54) is 86.9 Å². The first-order chi connectivity index (χ1) is 28.3. The summed E-state index contributed by atoms with van der Waals surface area (Å²) < 4.78 is 2.62. The van der Waals surface area contributed by atoms with Crippen LogP contribution < -0.4 is 4.90 Å². The molecule has 0 N–H and O–H groups in total. The molecule has 0 bridgehead atoms. The average molecular weight is 742 g/mol. The summed E-state index contributed by atoms with van der Waals surface area (Å²) >= 11 is 1.89. The summed E-state index contributed by atoms with van der Waals surface area (Å²) in [6.07, 6.45) is 0. The van der Waals surface area contributed by atoms with Gasteiger partial charge in [-0.25, -0.2) is 0 Å². The Balaban J connectivity index is 1.14.